The molecule has 0 aliphatic carbocycles. The molecule has 0 saturated carbocycles. The maximum Gasteiger partial charge on any atom is 4.00 e. The van der Waals surface area contributed by atoms with Crippen LogP contribution in [0, 0.1) is 0 Å². The van der Waals surface area contributed by atoms with Gasteiger partial charge in [-0.15, -0.1) is 70.0 Å². The van der Waals surface area contributed by atoms with Crippen molar-refractivity contribution in [3.05, 3.63) is 78.9 Å². The SMILES string of the molecule is CCCCP(CCCC)c1cc2ccccc2[cH-]1.[Cl-].[Cl-].[Ti+4].c1ccc2[cH-]ccc2c1. The van der Waals surface area contributed by atoms with Crippen LogP contribution in [0.3, 0.4) is 0 Å². The molecule has 0 radical (unpaired) electrons. The van der Waals surface area contributed by atoms with E-state index in [9.17, 15) is 0 Å². The maximum absolute atomic E-state index is 2.44. The van der Waals surface area contributed by atoms with Crippen LogP contribution >= 0.6 is 7.92 Å². The molecule has 4 heteroatoms. The minimum absolute atomic E-state index is 0. The zero-order chi connectivity index (χ0) is 18.9. The van der Waals surface area contributed by atoms with Crippen LogP contribution in [0.15, 0.2) is 78.9 Å². The average Bonchev–Trinajstić information content (AvgIpc) is 3.35. The molecule has 4 rings (SSSR count). The first-order chi connectivity index (χ1) is 13.3. The smallest absolute Gasteiger partial charge is 1.00 e. The molecule has 30 heavy (non-hydrogen) atoms. The van der Waals surface area contributed by atoms with Gasteiger partial charge >= 0.3 is 21.7 Å². The first-order valence-corrected chi connectivity index (χ1v) is 12.0. The molecule has 0 amide bonds. The molecule has 0 unspecified atom stereocenters. The Kier molecular flexibility index (Phi) is 15.7. The molecule has 0 spiro atoms. The van der Waals surface area contributed by atoms with Crippen molar-refractivity contribution in [2.75, 3.05) is 12.3 Å². The van der Waals surface area contributed by atoms with Gasteiger partial charge in [0.1, 0.15) is 0 Å². The third-order valence-electron chi connectivity index (χ3n) is 5.08. The molecule has 0 bridgehead atoms. The van der Waals surface area contributed by atoms with E-state index in [1.165, 1.54) is 59.6 Å². The fourth-order valence-electron chi connectivity index (χ4n) is 3.45. The molecule has 0 aliphatic heterocycles. The molecule has 0 heterocycles. The van der Waals surface area contributed by atoms with Crippen molar-refractivity contribution in [3.8, 4) is 0 Å². The van der Waals surface area contributed by atoms with E-state index in [2.05, 4.69) is 92.7 Å². The Balaban J connectivity index is 0.000000597. The summed E-state index contributed by atoms with van der Waals surface area (Å²) in [4.78, 5) is 0. The third-order valence-corrected chi connectivity index (χ3v) is 7.78. The summed E-state index contributed by atoms with van der Waals surface area (Å²) in [5.74, 6) is 0. The van der Waals surface area contributed by atoms with Gasteiger partial charge in [0.25, 0.3) is 0 Å². The van der Waals surface area contributed by atoms with Crippen LogP contribution in [-0.4, -0.2) is 12.3 Å². The van der Waals surface area contributed by atoms with Gasteiger partial charge in [-0.25, -0.2) is 0 Å². The second kappa shape index (κ2) is 16.1. The van der Waals surface area contributed by atoms with E-state index in [-0.39, 0.29) is 54.5 Å². The van der Waals surface area contributed by atoms with Crippen LogP contribution in [0.1, 0.15) is 39.5 Å². The second-order valence-corrected chi connectivity index (χ2v) is 9.68. The molecule has 4 aromatic rings. The van der Waals surface area contributed by atoms with Gasteiger partial charge in [0, 0.05) is 0 Å². The molecular weight excluding hydrogens is 462 g/mol. The summed E-state index contributed by atoms with van der Waals surface area (Å²) in [6.07, 6.45) is 8.26. The van der Waals surface area contributed by atoms with Crippen molar-refractivity contribution in [2.24, 2.45) is 0 Å². The topological polar surface area (TPSA) is 0 Å². The summed E-state index contributed by atoms with van der Waals surface area (Å²) in [7, 11) is 0.0856. The Bertz CT molecular complexity index is 873. The molecule has 0 nitrogen and oxygen atoms in total. The second-order valence-electron chi connectivity index (χ2n) is 7.19. The molecular formula is C26H31Cl2PTi. The van der Waals surface area contributed by atoms with Gasteiger partial charge in [0.2, 0.25) is 0 Å². The summed E-state index contributed by atoms with van der Waals surface area (Å²) in [5.41, 5.74) is 0. The Hall–Kier alpha value is -0.616. The van der Waals surface area contributed by atoms with Gasteiger partial charge in [-0.3, -0.25) is 0 Å². The van der Waals surface area contributed by atoms with Crippen LogP contribution in [-0.2, 0) is 21.7 Å². The number of rotatable bonds is 7. The van der Waals surface area contributed by atoms with Gasteiger partial charge in [0.15, 0.2) is 0 Å². The van der Waals surface area contributed by atoms with Gasteiger partial charge in [-0.1, -0.05) is 46.7 Å². The molecule has 0 aliphatic rings. The number of fused-ring (bicyclic) bond motifs is 2. The number of hydrogen-bond acceptors (Lipinski definition) is 0. The zero-order valence-electron chi connectivity index (χ0n) is 18.0. The summed E-state index contributed by atoms with van der Waals surface area (Å²) in [6.45, 7) is 4.60. The fourth-order valence-corrected chi connectivity index (χ4v) is 6.23. The van der Waals surface area contributed by atoms with Crippen molar-refractivity contribution in [2.45, 2.75) is 39.5 Å². The first kappa shape index (κ1) is 29.4. The summed E-state index contributed by atoms with van der Waals surface area (Å²) in [5, 5.41) is 7.14. The minimum atomic E-state index is 0. The number of benzene rings is 2. The Morgan fingerprint density at radius 1 is 0.733 bits per heavy atom. The largest absolute Gasteiger partial charge is 4.00 e. The molecule has 0 aromatic heterocycles. The molecule has 0 N–H and O–H groups in total. The Morgan fingerprint density at radius 2 is 1.30 bits per heavy atom. The summed E-state index contributed by atoms with van der Waals surface area (Å²) < 4.78 is 0. The van der Waals surface area contributed by atoms with Gasteiger partial charge in [0.05, 0.1) is 0 Å². The molecule has 0 fully saturated rings. The van der Waals surface area contributed by atoms with Gasteiger partial charge in [-0.05, 0) is 25.2 Å². The van der Waals surface area contributed by atoms with Gasteiger partial charge < -0.3 is 24.8 Å². The predicted molar refractivity (Wildman–Crippen MR) is 125 cm³/mol. The van der Waals surface area contributed by atoms with E-state index in [1.54, 1.807) is 5.30 Å². The van der Waals surface area contributed by atoms with Crippen molar-refractivity contribution in [1.82, 2.24) is 0 Å². The minimum Gasteiger partial charge on any atom is -1.00 e. The van der Waals surface area contributed by atoms with E-state index < -0.39 is 0 Å². The van der Waals surface area contributed by atoms with E-state index in [1.807, 2.05) is 0 Å². The van der Waals surface area contributed by atoms with E-state index in [0.29, 0.717) is 0 Å². The standard InChI is InChI=1S/C17H24P.C9H7.2ClH.Ti/c1-3-5-11-18(12-6-4-2)17-13-15-9-7-8-10-16(15)14-17;1-2-5-9-7-3-6-8(9)4-1;;;/h7-10,13-14H,3-6,11-12H2,1-2H3;1-7H;2*1H;/q2*-1;;;+4/p-2. The average molecular weight is 493 g/mol. The van der Waals surface area contributed by atoms with Crippen molar-refractivity contribution in [1.29, 1.82) is 0 Å². The van der Waals surface area contributed by atoms with Crippen LogP contribution in [0.2, 0.25) is 0 Å². The number of halogens is 2. The Morgan fingerprint density at radius 3 is 1.87 bits per heavy atom. The summed E-state index contributed by atoms with van der Waals surface area (Å²) in [6, 6.07) is 28.3. The molecule has 158 valence electrons. The predicted octanol–water partition coefficient (Wildman–Crippen LogP) is 1.83. The van der Waals surface area contributed by atoms with E-state index >= 15 is 0 Å². The number of hydrogen-bond donors (Lipinski definition) is 0. The van der Waals surface area contributed by atoms with Crippen molar-refractivity contribution >= 4 is 34.8 Å². The third kappa shape index (κ3) is 8.49. The van der Waals surface area contributed by atoms with Crippen molar-refractivity contribution in [3.63, 3.8) is 0 Å². The van der Waals surface area contributed by atoms with E-state index in [4.69, 9.17) is 0 Å². The maximum atomic E-state index is 2.44. The van der Waals surface area contributed by atoms with Crippen LogP contribution in [0.4, 0.5) is 0 Å². The Labute approximate surface area is 211 Å². The van der Waals surface area contributed by atoms with Crippen LogP contribution in [0.5, 0.6) is 0 Å². The zero-order valence-corrected chi connectivity index (χ0v) is 21.9. The summed E-state index contributed by atoms with van der Waals surface area (Å²) >= 11 is 0. The normalized spacial score (nSPS) is 9.97. The monoisotopic (exact) mass is 492 g/mol. The fraction of sp³-hybridized carbons (Fsp3) is 0.308. The van der Waals surface area contributed by atoms with Crippen LogP contribution < -0.4 is 30.1 Å². The first-order valence-electron chi connectivity index (χ1n) is 10.3. The molecule has 0 saturated heterocycles. The molecule has 4 aromatic carbocycles. The quantitative estimate of drug-likeness (QED) is 0.210. The molecule has 0 atom stereocenters. The number of unbranched alkanes of at least 4 members (excludes halogenated alkanes) is 2. The van der Waals surface area contributed by atoms with Crippen LogP contribution in [0.25, 0.3) is 21.5 Å². The van der Waals surface area contributed by atoms with Gasteiger partial charge in [-0.2, -0.15) is 23.6 Å². The van der Waals surface area contributed by atoms with Crippen molar-refractivity contribution < 1.29 is 46.5 Å². The van der Waals surface area contributed by atoms with E-state index in [0.717, 1.165) is 0 Å².